The van der Waals surface area contributed by atoms with Crippen LogP contribution in [0.1, 0.15) is 140 Å². The van der Waals surface area contributed by atoms with Gasteiger partial charge in [-0.05, 0) is 81.1 Å². The lowest BCUT2D eigenvalue weighted by Gasteiger charge is -2.51. The van der Waals surface area contributed by atoms with Crippen molar-refractivity contribution in [2.24, 2.45) is 5.41 Å². The molecule has 2 N–H and O–H groups in total. The molecule has 10 heteroatoms. The number of carbonyl (C=O) groups excluding carboxylic acids is 3. The normalized spacial score (nSPS) is 22.9. The van der Waals surface area contributed by atoms with Crippen LogP contribution in [0.4, 0.5) is 0 Å². The number of piperidine rings is 2. The summed E-state index contributed by atoms with van der Waals surface area (Å²) < 4.78 is 17.7. The lowest BCUT2D eigenvalue weighted by atomic mass is 9.77. The second-order valence-electron chi connectivity index (χ2n) is 15.0. The Kier molecular flexibility index (Phi) is 12.1. The van der Waals surface area contributed by atoms with Gasteiger partial charge in [-0.15, -0.1) is 0 Å². The van der Waals surface area contributed by atoms with Gasteiger partial charge in [0, 0.05) is 54.3 Å². The molecule has 244 valence electrons. The van der Waals surface area contributed by atoms with E-state index in [1.54, 1.807) is 0 Å². The van der Waals surface area contributed by atoms with Gasteiger partial charge in [-0.2, -0.15) is 10.1 Å². The molecule has 2 aliphatic rings. The lowest BCUT2D eigenvalue weighted by Crippen LogP contribution is -2.61. The predicted molar refractivity (Wildman–Crippen MR) is 159 cm³/mol. The number of nitrogens with zero attached hydrogens (tertiary/aromatic N) is 2. The monoisotopic (exact) mass is 598 g/mol. The van der Waals surface area contributed by atoms with E-state index in [1.807, 2.05) is 69.2 Å². The van der Waals surface area contributed by atoms with Crippen molar-refractivity contribution in [2.45, 2.75) is 174 Å². The van der Waals surface area contributed by atoms with E-state index in [-0.39, 0.29) is 25.4 Å². The van der Waals surface area contributed by atoms with E-state index in [4.69, 9.17) is 14.2 Å². The van der Waals surface area contributed by atoms with Gasteiger partial charge in [0.1, 0.15) is 12.2 Å². The minimum atomic E-state index is -1.57. The third kappa shape index (κ3) is 8.67. The Balaban J connectivity index is 2.38. The molecule has 0 bridgehead atoms. The molecule has 0 atom stereocenters. The first-order valence-electron chi connectivity index (χ1n) is 15.8. The molecule has 2 fully saturated rings. The minimum absolute atomic E-state index is 0.0964. The molecule has 0 aromatic carbocycles. The van der Waals surface area contributed by atoms with Gasteiger partial charge in [-0.25, -0.2) is 0 Å². The van der Waals surface area contributed by atoms with Crippen LogP contribution < -0.4 is 0 Å². The Bertz CT molecular complexity index is 853. The molecule has 10 nitrogen and oxygen atoms in total. The first-order valence-corrected chi connectivity index (χ1v) is 15.8. The fourth-order valence-electron chi connectivity index (χ4n) is 6.98. The van der Waals surface area contributed by atoms with Crippen molar-refractivity contribution in [3.63, 3.8) is 0 Å². The molecule has 0 aliphatic carbocycles. The molecular formula is C32H58N2O8. The van der Waals surface area contributed by atoms with E-state index in [1.165, 1.54) is 10.1 Å². The van der Waals surface area contributed by atoms with Gasteiger partial charge < -0.3 is 24.6 Å². The summed E-state index contributed by atoms with van der Waals surface area (Å²) in [6.07, 6.45) is 3.67. The molecule has 0 aromatic heterocycles. The van der Waals surface area contributed by atoms with E-state index < -0.39 is 51.7 Å². The predicted octanol–water partition coefficient (Wildman–Crippen LogP) is 6.19. The van der Waals surface area contributed by atoms with Gasteiger partial charge in [-0.3, -0.25) is 14.4 Å². The van der Waals surface area contributed by atoms with Crippen molar-refractivity contribution in [2.75, 3.05) is 6.61 Å². The Morgan fingerprint density at radius 2 is 1.07 bits per heavy atom. The van der Waals surface area contributed by atoms with Crippen LogP contribution in [0.3, 0.4) is 0 Å². The van der Waals surface area contributed by atoms with Gasteiger partial charge >= 0.3 is 17.9 Å². The zero-order valence-corrected chi connectivity index (χ0v) is 27.9. The maximum absolute atomic E-state index is 14.2. The SMILES string of the molecule is CCCCC(CCCOC(=O)CCC)(C(=O)OC1CC(C)(C)N(O)C(C)(C)C1)C(=O)OC1CC(C)(C)N(O)C(C)(C)C1. The number of ether oxygens (including phenoxy) is 3. The zero-order valence-electron chi connectivity index (χ0n) is 27.9. The maximum atomic E-state index is 14.2. The van der Waals surface area contributed by atoms with Gasteiger partial charge in [-0.1, -0.05) is 26.7 Å². The average Bonchev–Trinajstić information content (AvgIpc) is 2.84. The number of rotatable bonds is 13. The maximum Gasteiger partial charge on any atom is 0.323 e. The zero-order chi connectivity index (χ0) is 32.1. The van der Waals surface area contributed by atoms with Gasteiger partial charge in [0.25, 0.3) is 0 Å². The van der Waals surface area contributed by atoms with Crippen molar-refractivity contribution in [1.29, 1.82) is 0 Å². The van der Waals surface area contributed by atoms with Crippen molar-refractivity contribution in [3.8, 4) is 0 Å². The van der Waals surface area contributed by atoms with Crippen LogP contribution in [0.2, 0.25) is 0 Å². The number of esters is 3. The average molecular weight is 599 g/mol. The summed E-state index contributed by atoms with van der Waals surface area (Å²) in [6.45, 7) is 19.2. The topological polar surface area (TPSA) is 126 Å². The van der Waals surface area contributed by atoms with Crippen LogP contribution >= 0.6 is 0 Å². The van der Waals surface area contributed by atoms with E-state index in [0.29, 0.717) is 51.4 Å². The van der Waals surface area contributed by atoms with Gasteiger partial charge in [0.05, 0.1) is 6.61 Å². The molecule has 0 amide bonds. The number of hydrogen-bond donors (Lipinski definition) is 2. The molecule has 2 saturated heterocycles. The lowest BCUT2D eigenvalue weighted by molar-refractivity contribution is -0.263. The highest BCUT2D eigenvalue weighted by Crippen LogP contribution is 2.43. The second kappa shape index (κ2) is 13.9. The smallest absolute Gasteiger partial charge is 0.323 e. The number of unbranched alkanes of at least 4 members (excludes halogenated alkanes) is 1. The molecule has 2 rings (SSSR count). The third-order valence-corrected chi connectivity index (χ3v) is 8.95. The summed E-state index contributed by atoms with van der Waals surface area (Å²) in [4.78, 5) is 40.4. The highest BCUT2D eigenvalue weighted by atomic mass is 16.6. The van der Waals surface area contributed by atoms with E-state index >= 15 is 0 Å². The fraction of sp³-hybridized carbons (Fsp3) is 0.906. The Morgan fingerprint density at radius 3 is 1.43 bits per heavy atom. The first-order chi connectivity index (χ1) is 19.2. The van der Waals surface area contributed by atoms with Crippen molar-refractivity contribution < 1.29 is 39.0 Å². The standard InChI is InChI=1S/C32H58N2O8/c1-11-13-16-32(17-14-18-40-25(35)15-12-2,26(36)41-23-19-28(3,4)33(38)29(5,6)20-23)27(37)42-24-21-30(7,8)34(39)31(9,10)22-24/h23-24,38-39H,11-22H2,1-10H3. The third-order valence-electron chi connectivity index (χ3n) is 8.95. The molecule has 2 heterocycles. The highest BCUT2D eigenvalue weighted by Gasteiger charge is 2.54. The molecular weight excluding hydrogens is 540 g/mol. The second-order valence-corrected chi connectivity index (χ2v) is 15.0. The van der Waals surface area contributed by atoms with Crippen LogP contribution in [-0.4, -0.2) is 79.4 Å². The van der Waals surface area contributed by atoms with Crippen LogP contribution in [0, 0.1) is 5.41 Å². The Morgan fingerprint density at radius 1 is 0.690 bits per heavy atom. The van der Waals surface area contributed by atoms with Gasteiger partial charge in [0.2, 0.25) is 0 Å². The largest absolute Gasteiger partial charge is 0.466 e. The molecule has 0 saturated carbocycles. The molecule has 0 aromatic rings. The molecule has 0 unspecified atom stereocenters. The minimum Gasteiger partial charge on any atom is -0.466 e. The quantitative estimate of drug-likeness (QED) is 0.110. The van der Waals surface area contributed by atoms with E-state index in [0.717, 1.165) is 6.42 Å². The van der Waals surface area contributed by atoms with Gasteiger partial charge in [0.15, 0.2) is 5.41 Å². The van der Waals surface area contributed by atoms with E-state index in [2.05, 4.69) is 0 Å². The Labute approximate surface area is 253 Å². The van der Waals surface area contributed by atoms with Crippen LogP contribution in [0.5, 0.6) is 0 Å². The molecule has 0 spiro atoms. The molecule has 42 heavy (non-hydrogen) atoms. The molecule has 0 radical (unpaired) electrons. The summed E-state index contributed by atoms with van der Waals surface area (Å²) in [6, 6.07) is 0. The van der Waals surface area contributed by atoms with Crippen LogP contribution in [-0.2, 0) is 28.6 Å². The number of carbonyl (C=O) groups is 3. The van der Waals surface area contributed by atoms with Crippen molar-refractivity contribution in [1.82, 2.24) is 10.1 Å². The van der Waals surface area contributed by atoms with Crippen LogP contribution in [0.15, 0.2) is 0 Å². The highest BCUT2D eigenvalue weighted by molar-refractivity contribution is 6.00. The van der Waals surface area contributed by atoms with E-state index in [9.17, 15) is 24.8 Å². The Hall–Kier alpha value is -1.75. The summed E-state index contributed by atoms with van der Waals surface area (Å²) in [7, 11) is 0. The number of hydrogen-bond acceptors (Lipinski definition) is 10. The first kappa shape index (κ1) is 36.4. The summed E-state index contributed by atoms with van der Waals surface area (Å²) in [5.41, 5.74) is -4.11. The van der Waals surface area contributed by atoms with Crippen molar-refractivity contribution >= 4 is 17.9 Å². The van der Waals surface area contributed by atoms with Crippen LogP contribution in [0.25, 0.3) is 0 Å². The number of hydroxylamine groups is 4. The summed E-state index contributed by atoms with van der Waals surface area (Å²) in [5, 5.41) is 24.1. The van der Waals surface area contributed by atoms with Crippen molar-refractivity contribution in [3.05, 3.63) is 0 Å². The summed E-state index contributed by atoms with van der Waals surface area (Å²) in [5.74, 6) is -1.55. The molecule has 2 aliphatic heterocycles. The fourth-order valence-corrected chi connectivity index (χ4v) is 6.98. The summed E-state index contributed by atoms with van der Waals surface area (Å²) >= 11 is 0.